The number of hydrogen-bond acceptors (Lipinski definition) is 4. The molecule has 0 radical (unpaired) electrons. The van der Waals surface area contributed by atoms with E-state index in [4.69, 9.17) is 0 Å². The molecule has 0 aliphatic heterocycles. The Morgan fingerprint density at radius 1 is 0.967 bits per heavy atom. The molecule has 0 saturated carbocycles. The van der Waals surface area contributed by atoms with Gasteiger partial charge in [0.25, 0.3) is 11.8 Å². The van der Waals surface area contributed by atoms with Gasteiger partial charge in [-0.1, -0.05) is 42.5 Å². The number of amides is 2. The smallest absolute Gasteiger partial charge is 0.287 e. The first-order valence-corrected chi connectivity index (χ1v) is 10.1. The highest BCUT2D eigenvalue weighted by molar-refractivity contribution is 7.10. The zero-order chi connectivity index (χ0) is 20.8. The first-order valence-electron chi connectivity index (χ1n) is 9.22. The van der Waals surface area contributed by atoms with Crippen molar-refractivity contribution in [1.29, 1.82) is 0 Å². The summed E-state index contributed by atoms with van der Waals surface area (Å²) in [7, 11) is 0. The van der Waals surface area contributed by atoms with Crippen molar-refractivity contribution in [3.8, 4) is 0 Å². The number of aromatic nitrogens is 1. The van der Waals surface area contributed by atoms with Gasteiger partial charge in [0.05, 0.1) is 6.21 Å². The number of thiophene rings is 1. The van der Waals surface area contributed by atoms with E-state index >= 15 is 0 Å². The molecule has 4 aromatic rings. The summed E-state index contributed by atoms with van der Waals surface area (Å²) in [4.78, 5) is 29.2. The first kappa shape index (κ1) is 19.4. The molecule has 0 atom stereocenters. The second-order valence-electron chi connectivity index (χ2n) is 6.38. The van der Waals surface area contributed by atoms with Crippen LogP contribution in [-0.4, -0.2) is 23.0 Å². The summed E-state index contributed by atoms with van der Waals surface area (Å²) >= 11 is 1.46. The number of para-hydroxylation sites is 1. The van der Waals surface area contributed by atoms with Crippen LogP contribution in [0.15, 0.2) is 89.1 Å². The molecule has 0 spiro atoms. The molecule has 0 saturated heterocycles. The third-order valence-corrected chi connectivity index (χ3v) is 5.17. The molecule has 0 aliphatic carbocycles. The summed E-state index contributed by atoms with van der Waals surface area (Å²) < 4.78 is 0. The van der Waals surface area contributed by atoms with Crippen molar-refractivity contribution < 1.29 is 9.59 Å². The fraction of sp³-hybridized carbons (Fsp3) is 0. The van der Waals surface area contributed by atoms with Crippen LogP contribution < -0.4 is 10.7 Å². The molecular weight excluding hydrogens is 396 g/mol. The van der Waals surface area contributed by atoms with E-state index < -0.39 is 5.91 Å². The minimum absolute atomic E-state index is 0.113. The number of fused-ring (bicyclic) bond motifs is 1. The minimum atomic E-state index is -0.510. The van der Waals surface area contributed by atoms with Gasteiger partial charge in [-0.05, 0) is 35.7 Å². The van der Waals surface area contributed by atoms with Crippen molar-refractivity contribution in [3.05, 3.63) is 100 Å². The van der Waals surface area contributed by atoms with Crippen LogP contribution in [0.5, 0.6) is 0 Å². The van der Waals surface area contributed by atoms with Gasteiger partial charge in [0.1, 0.15) is 5.70 Å². The van der Waals surface area contributed by atoms with E-state index in [1.54, 1.807) is 36.6 Å². The number of hydrogen-bond donors (Lipinski definition) is 3. The Kier molecular flexibility index (Phi) is 5.82. The van der Waals surface area contributed by atoms with Gasteiger partial charge in [0.15, 0.2) is 0 Å². The quantitative estimate of drug-likeness (QED) is 0.251. The molecule has 6 nitrogen and oxygen atoms in total. The SMILES string of the molecule is O=C(N/N=C/c1c[nH]c2ccccc12)/C(=C\c1cccs1)NC(=O)c1ccccc1. The lowest BCUT2D eigenvalue weighted by atomic mass is 10.2. The molecule has 2 aromatic carbocycles. The normalized spacial score (nSPS) is 11.7. The third kappa shape index (κ3) is 4.53. The Morgan fingerprint density at radius 3 is 2.57 bits per heavy atom. The average Bonchev–Trinajstić information content (AvgIpc) is 3.44. The zero-order valence-corrected chi connectivity index (χ0v) is 16.6. The number of carbonyl (C=O) groups excluding carboxylic acids is 2. The summed E-state index contributed by atoms with van der Waals surface area (Å²) in [6.07, 6.45) is 5.01. The van der Waals surface area contributed by atoms with Crippen LogP contribution in [0, 0.1) is 0 Å². The standard InChI is InChI=1S/C23H18N4O2S/c28-22(16-7-2-1-3-8-16)26-21(13-18-9-6-12-30-18)23(29)27-25-15-17-14-24-20-11-5-4-10-19(17)20/h1-15,24H,(H,26,28)(H,27,29)/b21-13+,25-15+. The van der Waals surface area contributed by atoms with Gasteiger partial charge in [0.2, 0.25) is 0 Å². The number of nitrogens with zero attached hydrogens (tertiary/aromatic N) is 1. The second kappa shape index (κ2) is 9.02. The summed E-state index contributed by atoms with van der Waals surface area (Å²) in [6.45, 7) is 0. The number of hydrazone groups is 1. The molecule has 0 bridgehead atoms. The molecule has 0 aliphatic rings. The number of aromatic amines is 1. The van der Waals surface area contributed by atoms with Crippen LogP contribution in [0.1, 0.15) is 20.8 Å². The molecule has 2 amide bonds. The van der Waals surface area contributed by atoms with E-state index in [9.17, 15) is 9.59 Å². The maximum atomic E-state index is 12.7. The van der Waals surface area contributed by atoms with E-state index in [1.165, 1.54) is 11.3 Å². The number of rotatable bonds is 6. The van der Waals surface area contributed by atoms with Gasteiger partial charge < -0.3 is 10.3 Å². The fourth-order valence-corrected chi connectivity index (χ4v) is 3.54. The summed E-state index contributed by atoms with van der Waals surface area (Å²) in [5, 5.41) is 9.64. The van der Waals surface area contributed by atoms with E-state index in [-0.39, 0.29) is 11.6 Å². The Labute approximate surface area is 177 Å². The molecular formula is C23H18N4O2S. The topological polar surface area (TPSA) is 86.3 Å². The molecule has 4 rings (SSSR count). The summed E-state index contributed by atoms with van der Waals surface area (Å²) in [6, 6.07) is 20.3. The number of carbonyl (C=O) groups is 2. The predicted molar refractivity (Wildman–Crippen MR) is 120 cm³/mol. The Morgan fingerprint density at radius 2 is 1.77 bits per heavy atom. The van der Waals surface area contributed by atoms with Crippen molar-refractivity contribution >= 4 is 46.3 Å². The van der Waals surface area contributed by atoms with Crippen LogP contribution in [0.3, 0.4) is 0 Å². The van der Waals surface area contributed by atoms with Crippen LogP contribution in [-0.2, 0) is 4.79 Å². The monoisotopic (exact) mass is 414 g/mol. The molecule has 7 heteroatoms. The van der Waals surface area contributed by atoms with Crippen molar-refractivity contribution in [2.24, 2.45) is 5.10 Å². The molecule has 148 valence electrons. The van der Waals surface area contributed by atoms with E-state index in [1.807, 2.05) is 54.0 Å². The molecule has 2 heterocycles. The van der Waals surface area contributed by atoms with Gasteiger partial charge >= 0.3 is 0 Å². The second-order valence-corrected chi connectivity index (χ2v) is 7.36. The lowest BCUT2D eigenvalue weighted by molar-refractivity contribution is -0.117. The maximum Gasteiger partial charge on any atom is 0.287 e. The molecule has 0 fully saturated rings. The van der Waals surface area contributed by atoms with Crippen LogP contribution in [0.25, 0.3) is 17.0 Å². The zero-order valence-electron chi connectivity index (χ0n) is 15.8. The Balaban J connectivity index is 1.51. The van der Waals surface area contributed by atoms with Crippen LogP contribution >= 0.6 is 11.3 Å². The van der Waals surface area contributed by atoms with Crippen LogP contribution in [0.2, 0.25) is 0 Å². The third-order valence-electron chi connectivity index (χ3n) is 4.35. The van der Waals surface area contributed by atoms with E-state index in [0.29, 0.717) is 5.56 Å². The Hall–Kier alpha value is -3.97. The highest BCUT2D eigenvalue weighted by Gasteiger charge is 2.14. The number of nitrogens with one attached hydrogen (secondary N) is 3. The lowest BCUT2D eigenvalue weighted by Crippen LogP contribution is -2.32. The van der Waals surface area contributed by atoms with Gasteiger partial charge in [-0.15, -0.1) is 11.3 Å². The molecule has 2 aromatic heterocycles. The summed E-state index contributed by atoms with van der Waals surface area (Å²) in [5.41, 5.74) is 4.90. The lowest BCUT2D eigenvalue weighted by Gasteiger charge is -2.08. The van der Waals surface area contributed by atoms with E-state index in [0.717, 1.165) is 21.3 Å². The van der Waals surface area contributed by atoms with Gasteiger partial charge in [0, 0.05) is 33.1 Å². The molecule has 3 N–H and O–H groups in total. The van der Waals surface area contributed by atoms with Crippen molar-refractivity contribution in [2.75, 3.05) is 0 Å². The first-order chi connectivity index (χ1) is 14.7. The Bertz CT molecular complexity index is 1220. The maximum absolute atomic E-state index is 12.7. The average molecular weight is 414 g/mol. The van der Waals surface area contributed by atoms with E-state index in [2.05, 4.69) is 20.8 Å². The predicted octanol–water partition coefficient (Wildman–Crippen LogP) is 4.15. The van der Waals surface area contributed by atoms with Crippen molar-refractivity contribution in [3.63, 3.8) is 0 Å². The minimum Gasteiger partial charge on any atom is -0.361 e. The van der Waals surface area contributed by atoms with Crippen LogP contribution in [0.4, 0.5) is 0 Å². The highest BCUT2D eigenvalue weighted by atomic mass is 32.1. The molecule has 30 heavy (non-hydrogen) atoms. The highest BCUT2D eigenvalue weighted by Crippen LogP contribution is 2.16. The van der Waals surface area contributed by atoms with Gasteiger partial charge in [-0.2, -0.15) is 5.10 Å². The largest absolute Gasteiger partial charge is 0.361 e. The fourth-order valence-electron chi connectivity index (χ4n) is 2.88. The van der Waals surface area contributed by atoms with Gasteiger partial charge in [-0.25, -0.2) is 5.43 Å². The van der Waals surface area contributed by atoms with Crippen molar-refractivity contribution in [2.45, 2.75) is 0 Å². The number of benzene rings is 2. The van der Waals surface area contributed by atoms with Crippen molar-refractivity contribution in [1.82, 2.24) is 15.7 Å². The molecule has 0 unspecified atom stereocenters. The van der Waals surface area contributed by atoms with Gasteiger partial charge in [-0.3, -0.25) is 9.59 Å². The number of H-pyrrole nitrogens is 1. The summed E-state index contributed by atoms with van der Waals surface area (Å²) in [5.74, 6) is -0.877.